The molecule has 1 N–H and O–H groups in total. The van der Waals surface area contributed by atoms with Crippen LogP contribution in [0.4, 0.5) is 5.69 Å². The highest BCUT2D eigenvalue weighted by Crippen LogP contribution is 2.15. The number of hydrogen-bond acceptors (Lipinski definition) is 4. The van der Waals surface area contributed by atoms with Crippen LogP contribution >= 0.6 is 0 Å². The Bertz CT molecular complexity index is 1110. The van der Waals surface area contributed by atoms with E-state index in [1.807, 2.05) is 38.1 Å². The summed E-state index contributed by atoms with van der Waals surface area (Å²) in [5, 5.41) is 2.69. The Morgan fingerprint density at radius 1 is 1.03 bits per heavy atom. The van der Waals surface area contributed by atoms with Gasteiger partial charge >= 0.3 is 5.69 Å². The number of carbonyl (C=O) groups is 1. The van der Waals surface area contributed by atoms with Crippen molar-refractivity contribution in [2.24, 2.45) is 0 Å². The van der Waals surface area contributed by atoms with E-state index in [1.54, 1.807) is 24.3 Å². The molecule has 0 aliphatic rings. The molecule has 0 bridgehead atoms. The lowest BCUT2D eigenvalue weighted by atomic mass is 10.1. The number of amides is 1. The van der Waals surface area contributed by atoms with E-state index in [0.717, 1.165) is 15.7 Å². The molecule has 0 fully saturated rings. The Hall–Kier alpha value is -3.61. The molecule has 0 spiro atoms. The molecule has 0 aliphatic heterocycles. The standard InChI is InChI=1S/C22H23N3O4/c1-3-29-19-10-8-18(9-11-19)23-20(26)15-25-21(27)12-13-24(22(25)28)14-17-7-5-4-6-16(17)2/h4-13H,3,14-15H2,1-2H3,(H,23,26). The summed E-state index contributed by atoms with van der Waals surface area (Å²) in [6.07, 6.45) is 1.46. The van der Waals surface area contributed by atoms with E-state index in [9.17, 15) is 14.4 Å². The second-order valence-corrected chi connectivity index (χ2v) is 6.58. The number of aryl methyl sites for hydroxylation is 1. The Balaban J connectivity index is 1.76. The molecule has 7 nitrogen and oxygen atoms in total. The fourth-order valence-corrected chi connectivity index (χ4v) is 2.94. The largest absolute Gasteiger partial charge is 0.494 e. The van der Waals surface area contributed by atoms with Gasteiger partial charge in [-0.25, -0.2) is 4.79 Å². The average Bonchev–Trinajstić information content (AvgIpc) is 2.70. The van der Waals surface area contributed by atoms with Crippen molar-refractivity contribution in [3.63, 3.8) is 0 Å². The first-order chi connectivity index (χ1) is 14.0. The van der Waals surface area contributed by atoms with Gasteiger partial charge in [-0.05, 0) is 49.2 Å². The average molecular weight is 393 g/mol. The summed E-state index contributed by atoms with van der Waals surface area (Å²) in [5.41, 5.74) is 1.53. The topological polar surface area (TPSA) is 82.3 Å². The molecule has 0 radical (unpaired) electrons. The maximum absolute atomic E-state index is 12.7. The quantitative estimate of drug-likeness (QED) is 0.668. The summed E-state index contributed by atoms with van der Waals surface area (Å²) < 4.78 is 7.72. The number of anilines is 1. The van der Waals surface area contributed by atoms with Crippen molar-refractivity contribution in [2.75, 3.05) is 11.9 Å². The van der Waals surface area contributed by atoms with Crippen molar-refractivity contribution >= 4 is 11.6 Å². The number of nitrogens with one attached hydrogen (secondary N) is 1. The number of carbonyl (C=O) groups excluding carboxylic acids is 1. The summed E-state index contributed by atoms with van der Waals surface area (Å²) in [5.74, 6) is 0.242. The predicted octanol–water partition coefficient (Wildman–Crippen LogP) is 2.40. The van der Waals surface area contributed by atoms with Crippen LogP contribution in [0.3, 0.4) is 0 Å². The van der Waals surface area contributed by atoms with Gasteiger partial charge in [0.15, 0.2) is 0 Å². The molecule has 0 saturated carbocycles. The van der Waals surface area contributed by atoms with Crippen molar-refractivity contribution in [1.82, 2.24) is 9.13 Å². The van der Waals surface area contributed by atoms with E-state index in [4.69, 9.17) is 4.74 Å². The monoisotopic (exact) mass is 393 g/mol. The van der Waals surface area contributed by atoms with E-state index >= 15 is 0 Å². The van der Waals surface area contributed by atoms with Crippen LogP contribution < -0.4 is 21.3 Å². The molecule has 0 aliphatic carbocycles. The maximum Gasteiger partial charge on any atom is 0.331 e. The summed E-state index contributed by atoms with van der Waals surface area (Å²) >= 11 is 0. The van der Waals surface area contributed by atoms with Crippen LogP contribution in [0.2, 0.25) is 0 Å². The smallest absolute Gasteiger partial charge is 0.331 e. The molecule has 7 heteroatoms. The highest BCUT2D eigenvalue weighted by Gasteiger charge is 2.11. The molecule has 3 rings (SSSR count). The first kappa shape index (κ1) is 20.1. The highest BCUT2D eigenvalue weighted by molar-refractivity contribution is 5.90. The number of nitrogens with zero attached hydrogens (tertiary/aromatic N) is 2. The lowest BCUT2D eigenvalue weighted by Crippen LogP contribution is -2.41. The van der Waals surface area contributed by atoms with Crippen molar-refractivity contribution in [1.29, 1.82) is 0 Å². The SMILES string of the molecule is CCOc1ccc(NC(=O)Cn2c(=O)ccn(Cc3ccccc3C)c2=O)cc1. The van der Waals surface area contributed by atoms with Gasteiger partial charge in [0.25, 0.3) is 5.56 Å². The van der Waals surface area contributed by atoms with Gasteiger partial charge in [0.2, 0.25) is 5.91 Å². The van der Waals surface area contributed by atoms with Crippen LogP contribution in [0.25, 0.3) is 0 Å². The second kappa shape index (κ2) is 9.05. The van der Waals surface area contributed by atoms with Crippen LogP contribution in [0.5, 0.6) is 5.75 Å². The van der Waals surface area contributed by atoms with Crippen molar-refractivity contribution in [3.8, 4) is 5.75 Å². The molecular formula is C22H23N3O4. The Morgan fingerprint density at radius 3 is 2.45 bits per heavy atom. The minimum Gasteiger partial charge on any atom is -0.494 e. The van der Waals surface area contributed by atoms with Crippen molar-refractivity contribution in [3.05, 3.63) is 92.8 Å². The summed E-state index contributed by atoms with van der Waals surface area (Å²) in [6, 6.07) is 15.9. The van der Waals surface area contributed by atoms with E-state index < -0.39 is 17.2 Å². The van der Waals surface area contributed by atoms with Crippen LogP contribution in [0, 0.1) is 6.92 Å². The van der Waals surface area contributed by atoms with Gasteiger partial charge < -0.3 is 10.1 Å². The number of ether oxygens (including phenoxy) is 1. The van der Waals surface area contributed by atoms with Gasteiger partial charge in [0.1, 0.15) is 12.3 Å². The zero-order valence-electron chi connectivity index (χ0n) is 16.4. The summed E-state index contributed by atoms with van der Waals surface area (Å²) in [4.78, 5) is 37.3. The van der Waals surface area contributed by atoms with Crippen LogP contribution in [-0.2, 0) is 17.9 Å². The molecule has 0 unspecified atom stereocenters. The fraction of sp³-hybridized carbons (Fsp3) is 0.227. The van der Waals surface area contributed by atoms with E-state index in [0.29, 0.717) is 24.6 Å². The normalized spacial score (nSPS) is 10.6. The summed E-state index contributed by atoms with van der Waals surface area (Å²) in [6.45, 7) is 4.36. The van der Waals surface area contributed by atoms with Gasteiger partial charge in [-0.3, -0.25) is 18.7 Å². The summed E-state index contributed by atoms with van der Waals surface area (Å²) in [7, 11) is 0. The number of aromatic nitrogens is 2. The van der Waals surface area contributed by atoms with E-state index in [1.165, 1.54) is 16.8 Å². The zero-order valence-corrected chi connectivity index (χ0v) is 16.4. The third kappa shape index (κ3) is 5.01. The molecule has 1 heterocycles. The van der Waals surface area contributed by atoms with E-state index in [2.05, 4.69) is 5.32 Å². The molecule has 150 valence electrons. The first-order valence-corrected chi connectivity index (χ1v) is 9.35. The minimum absolute atomic E-state index is 0.326. The lowest BCUT2D eigenvalue weighted by molar-refractivity contribution is -0.116. The predicted molar refractivity (Wildman–Crippen MR) is 111 cm³/mol. The van der Waals surface area contributed by atoms with Gasteiger partial charge in [0, 0.05) is 18.0 Å². The van der Waals surface area contributed by atoms with Crippen LogP contribution in [0.1, 0.15) is 18.1 Å². The Morgan fingerprint density at radius 2 is 1.76 bits per heavy atom. The molecular weight excluding hydrogens is 370 g/mol. The third-order valence-electron chi connectivity index (χ3n) is 4.49. The molecule has 0 atom stereocenters. The second-order valence-electron chi connectivity index (χ2n) is 6.58. The maximum atomic E-state index is 12.7. The molecule has 29 heavy (non-hydrogen) atoms. The van der Waals surface area contributed by atoms with Crippen molar-refractivity contribution < 1.29 is 9.53 Å². The minimum atomic E-state index is -0.525. The fourth-order valence-electron chi connectivity index (χ4n) is 2.94. The molecule has 3 aromatic rings. The van der Waals surface area contributed by atoms with E-state index in [-0.39, 0.29) is 6.54 Å². The zero-order chi connectivity index (χ0) is 20.8. The number of benzene rings is 2. The third-order valence-corrected chi connectivity index (χ3v) is 4.49. The highest BCUT2D eigenvalue weighted by atomic mass is 16.5. The Kier molecular flexibility index (Phi) is 6.29. The number of rotatable bonds is 7. The number of hydrogen-bond donors (Lipinski definition) is 1. The molecule has 2 aromatic carbocycles. The Labute approximate surface area is 168 Å². The van der Waals surface area contributed by atoms with Gasteiger partial charge in [-0.1, -0.05) is 24.3 Å². The van der Waals surface area contributed by atoms with Gasteiger partial charge in [-0.2, -0.15) is 0 Å². The molecule has 1 amide bonds. The van der Waals surface area contributed by atoms with Gasteiger partial charge in [0.05, 0.1) is 13.2 Å². The van der Waals surface area contributed by atoms with Crippen molar-refractivity contribution in [2.45, 2.75) is 26.9 Å². The van der Waals surface area contributed by atoms with Crippen LogP contribution in [0.15, 0.2) is 70.4 Å². The molecule has 0 saturated heterocycles. The van der Waals surface area contributed by atoms with Crippen LogP contribution in [-0.4, -0.2) is 21.6 Å². The first-order valence-electron chi connectivity index (χ1n) is 9.35. The molecule has 1 aromatic heterocycles. The van der Waals surface area contributed by atoms with Gasteiger partial charge in [-0.15, -0.1) is 0 Å². The lowest BCUT2D eigenvalue weighted by Gasteiger charge is -2.12.